The summed E-state index contributed by atoms with van der Waals surface area (Å²) in [5.74, 6) is 0.887. The van der Waals surface area contributed by atoms with Crippen molar-refractivity contribution in [3.05, 3.63) is 17.0 Å². The third-order valence-corrected chi connectivity index (χ3v) is 4.48. The van der Waals surface area contributed by atoms with Crippen molar-refractivity contribution < 1.29 is 0 Å². The van der Waals surface area contributed by atoms with Crippen LogP contribution in [-0.2, 0) is 6.42 Å². The minimum atomic E-state index is 0.585. The summed E-state index contributed by atoms with van der Waals surface area (Å²) in [6, 6.07) is 1.90. The van der Waals surface area contributed by atoms with Gasteiger partial charge in [-0.05, 0) is 19.3 Å². The Morgan fingerprint density at radius 1 is 1.29 bits per heavy atom. The molecule has 0 saturated heterocycles. The number of hydrogen-bond donors (Lipinski definition) is 0. The van der Waals surface area contributed by atoms with E-state index in [0.29, 0.717) is 5.15 Å². The summed E-state index contributed by atoms with van der Waals surface area (Å²) in [5, 5.41) is 2.37. The monoisotopic (exact) mass is 270 g/mol. The summed E-state index contributed by atoms with van der Waals surface area (Å²) in [6.45, 7) is 2.14. The smallest absolute Gasteiger partial charge is 0.133 e. The van der Waals surface area contributed by atoms with Crippen LogP contribution in [0.1, 0.15) is 51.3 Å². The van der Waals surface area contributed by atoms with Gasteiger partial charge >= 0.3 is 0 Å². The molecule has 0 atom stereocenters. The Morgan fingerprint density at radius 3 is 2.76 bits per heavy atom. The lowest BCUT2D eigenvalue weighted by Crippen LogP contribution is -2.08. The average Bonchev–Trinajstić information content (AvgIpc) is 2.30. The predicted molar refractivity (Wildman–Crippen MR) is 73.8 cm³/mol. The van der Waals surface area contributed by atoms with Crippen LogP contribution in [0.2, 0.25) is 5.15 Å². The molecule has 1 aliphatic carbocycles. The molecule has 0 aromatic carbocycles. The lowest BCUT2D eigenvalue weighted by Gasteiger charge is -2.20. The molecule has 0 aliphatic heterocycles. The Kier molecular flexibility index (Phi) is 5.11. The van der Waals surface area contributed by atoms with E-state index in [9.17, 15) is 0 Å². The topological polar surface area (TPSA) is 25.8 Å². The van der Waals surface area contributed by atoms with Crippen LogP contribution < -0.4 is 0 Å². The molecule has 1 saturated carbocycles. The van der Waals surface area contributed by atoms with Crippen molar-refractivity contribution in [1.29, 1.82) is 0 Å². The number of halogens is 1. The molecule has 0 N–H and O–H groups in total. The summed E-state index contributed by atoms with van der Waals surface area (Å²) < 4.78 is 0. The van der Waals surface area contributed by atoms with E-state index in [-0.39, 0.29) is 0 Å². The van der Waals surface area contributed by atoms with Crippen molar-refractivity contribution in [1.82, 2.24) is 9.97 Å². The van der Waals surface area contributed by atoms with Crippen molar-refractivity contribution in [2.75, 3.05) is 0 Å². The number of nitrogens with zero attached hydrogens (tertiary/aromatic N) is 2. The summed E-state index contributed by atoms with van der Waals surface area (Å²) in [5.41, 5.74) is 0. The van der Waals surface area contributed by atoms with Crippen molar-refractivity contribution in [3.8, 4) is 0 Å². The minimum Gasteiger partial charge on any atom is -0.226 e. The van der Waals surface area contributed by atoms with E-state index in [1.165, 1.54) is 32.1 Å². The Bertz CT molecular complexity index is 364. The Hall–Kier alpha value is -0.280. The molecule has 0 radical (unpaired) electrons. The molecule has 2 nitrogen and oxygen atoms in total. The SMILES string of the molecule is CCCc1nc(Cl)cc(SC2CCCCC2)n1. The number of thioether (sulfide) groups is 1. The second kappa shape index (κ2) is 6.60. The third-order valence-electron chi connectivity index (χ3n) is 3.03. The first kappa shape index (κ1) is 13.2. The van der Waals surface area contributed by atoms with Gasteiger partial charge in [0.1, 0.15) is 16.0 Å². The first-order valence-electron chi connectivity index (χ1n) is 6.48. The largest absolute Gasteiger partial charge is 0.226 e. The number of rotatable bonds is 4. The van der Waals surface area contributed by atoms with Crippen molar-refractivity contribution in [2.24, 2.45) is 0 Å². The Balaban J connectivity index is 2.03. The highest BCUT2D eigenvalue weighted by Crippen LogP contribution is 2.33. The van der Waals surface area contributed by atoms with Crippen LogP contribution in [0, 0.1) is 0 Å². The van der Waals surface area contributed by atoms with Crippen LogP contribution in [0.4, 0.5) is 0 Å². The van der Waals surface area contributed by atoms with E-state index >= 15 is 0 Å². The second-order valence-corrected chi connectivity index (χ2v) is 6.28. The standard InChI is InChI=1S/C13H19ClN2S/c1-2-6-12-15-11(14)9-13(16-12)17-10-7-4-3-5-8-10/h9-10H,2-8H2,1H3. The zero-order valence-electron chi connectivity index (χ0n) is 10.3. The maximum absolute atomic E-state index is 6.04. The lowest BCUT2D eigenvalue weighted by molar-refractivity contribution is 0.515. The molecule has 1 aromatic rings. The van der Waals surface area contributed by atoms with Gasteiger partial charge in [0.25, 0.3) is 0 Å². The number of hydrogen-bond acceptors (Lipinski definition) is 3. The number of aryl methyl sites for hydroxylation is 1. The molecule has 17 heavy (non-hydrogen) atoms. The molecule has 2 rings (SSSR count). The minimum absolute atomic E-state index is 0.585. The van der Waals surface area contributed by atoms with Gasteiger partial charge in [-0.1, -0.05) is 37.8 Å². The highest BCUT2D eigenvalue weighted by atomic mass is 35.5. The van der Waals surface area contributed by atoms with E-state index in [1.54, 1.807) is 0 Å². The normalized spacial score (nSPS) is 17.3. The molecule has 0 amide bonds. The van der Waals surface area contributed by atoms with E-state index in [4.69, 9.17) is 11.6 Å². The molecule has 4 heteroatoms. The van der Waals surface area contributed by atoms with Crippen molar-refractivity contribution in [2.45, 2.75) is 62.1 Å². The van der Waals surface area contributed by atoms with Crippen LogP contribution in [0.5, 0.6) is 0 Å². The van der Waals surface area contributed by atoms with Crippen molar-refractivity contribution in [3.63, 3.8) is 0 Å². The molecular formula is C13H19ClN2S. The first-order valence-corrected chi connectivity index (χ1v) is 7.74. The molecule has 1 heterocycles. The fourth-order valence-electron chi connectivity index (χ4n) is 2.19. The molecule has 0 unspecified atom stereocenters. The van der Waals surface area contributed by atoms with Gasteiger partial charge in [-0.15, -0.1) is 11.8 Å². The summed E-state index contributed by atoms with van der Waals surface area (Å²) in [6.07, 6.45) is 8.72. The van der Waals surface area contributed by atoms with Gasteiger partial charge in [0.05, 0.1) is 0 Å². The Morgan fingerprint density at radius 2 is 2.06 bits per heavy atom. The lowest BCUT2D eigenvalue weighted by atomic mass is 10.0. The van der Waals surface area contributed by atoms with Gasteiger partial charge in [-0.25, -0.2) is 9.97 Å². The fraction of sp³-hybridized carbons (Fsp3) is 0.692. The fourth-order valence-corrected chi connectivity index (χ4v) is 3.71. The van der Waals surface area contributed by atoms with E-state index in [1.807, 2.05) is 17.8 Å². The molecule has 1 aliphatic rings. The van der Waals surface area contributed by atoms with Crippen molar-refractivity contribution >= 4 is 23.4 Å². The molecule has 1 aromatic heterocycles. The quantitative estimate of drug-likeness (QED) is 0.753. The van der Waals surface area contributed by atoms with E-state index in [0.717, 1.165) is 28.9 Å². The highest BCUT2D eigenvalue weighted by molar-refractivity contribution is 7.99. The van der Waals surface area contributed by atoms with Gasteiger partial charge in [0.2, 0.25) is 0 Å². The van der Waals surface area contributed by atoms with Gasteiger partial charge < -0.3 is 0 Å². The molecule has 0 spiro atoms. The zero-order valence-corrected chi connectivity index (χ0v) is 11.9. The average molecular weight is 271 g/mol. The maximum Gasteiger partial charge on any atom is 0.133 e. The highest BCUT2D eigenvalue weighted by Gasteiger charge is 2.16. The summed E-state index contributed by atoms with van der Waals surface area (Å²) in [4.78, 5) is 8.84. The predicted octanol–water partition coefficient (Wildman–Crippen LogP) is 4.51. The van der Waals surface area contributed by atoms with Gasteiger partial charge in [0, 0.05) is 17.7 Å². The molecule has 94 valence electrons. The maximum atomic E-state index is 6.04. The zero-order chi connectivity index (χ0) is 12.1. The number of aromatic nitrogens is 2. The summed E-state index contributed by atoms with van der Waals surface area (Å²) in [7, 11) is 0. The first-order chi connectivity index (χ1) is 8.28. The van der Waals surface area contributed by atoms with Crippen LogP contribution >= 0.6 is 23.4 Å². The Labute approximate surface area is 113 Å². The van der Waals surface area contributed by atoms with Gasteiger partial charge in [0.15, 0.2) is 0 Å². The third kappa shape index (κ3) is 4.14. The second-order valence-electron chi connectivity index (χ2n) is 4.57. The van der Waals surface area contributed by atoms with Gasteiger partial charge in [-0.3, -0.25) is 0 Å². The molecule has 0 bridgehead atoms. The molecule has 1 fully saturated rings. The van der Waals surface area contributed by atoms with E-state index in [2.05, 4.69) is 16.9 Å². The van der Waals surface area contributed by atoms with Crippen LogP contribution in [0.3, 0.4) is 0 Å². The van der Waals surface area contributed by atoms with Crippen LogP contribution in [-0.4, -0.2) is 15.2 Å². The summed E-state index contributed by atoms with van der Waals surface area (Å²) >= 11 is 7.92. The molecular weight excluding hydrogens is 252 g/mol. The van der Waals surface area contributed by atoms with E-state index < -0.39 is 0 Å². The van der Waals surface area contributed by atoms with Gasteiger partial charge in [-0.2, -0.15) is 0 Å². The van der Waals surface area contributed by atoms with Crippen LogP contribution in [0.15, 0.2) is 11.1 Å². The van der Waals surface area contributed by atoms with Crippen LogP contribution in [0.25, 0.3) is 0 Å².